The molecule has 8 nitrogen and oxygen atoms in total. The van der Waals surface area contributed by atoms with Crippen molar-refractivity contribution in [2.45, 2.75) is 25.9 Å². The summed E-state index contributed by atoms with van der Waals surface area (Å²) in [5.41, 5.74) is 0.555. The van der Waals surface area contributed by atoms with Gasteiger partial charge >= 0.3 is 5.97 Å². The average molecular weight is 292 g/mol. The van der Waals surface area contributed by atoms with Gasteiger partial charge in [0, 0.05) is 19.7 Å². The first-order chi connectivity index (χ1) is 10.0. The molecule has 1 amide bonds. The number of aliphatic carboxylic acids is 1. The standard InChI is InChI=1S/C13H16N4O4/c1-16(8-11-3-2-6-21-11)12(18)9-17-7-10(14-15-17)4-5-13(19)20/h2-3,6-7H,4-5,8-9H2,1H3,(H,19,20). The second-order valence-corrected chi connectivity index (χ2v) is 4.63. The highest BCUT2D eigenvalue weighted by molar-refractivity contribution is 5.75. The second-order valence-electron chi connectivity index (χ2n) is 4.63. The minimum Gasteiger partial charge on any atom is -0.481 e. The Morgan fingerprint density at radius 2 is 2.29 bits per heavy atom. The van der Waals surface area contributed by atoms with Crippen LogP contribution in [0.4, 0.5) is 0 Å². The van der Waals surface area contributed by atoms with Crippen molar-refractivity contribution in [3.63, 3.8) is 0 Å². The van der Waals surface area contributed by atoms with E-state index in [2.05, 4.69) is 10.3 Å². The Bertz CT molecular complexity index is 605. The number of carbonyl (C=O) groups is 2. The minimum atomic E-state index is -0.890. The number of carboxylic acids is 1. The molecule has 2 aromatic rings. The Morgan fingerprint density at radius 1 is 1.48 bits per heavy atom. The monoisotopic (exact) mass is 292 g/mol. The summed E-state index contributed by atoms with van der Waals surface area (Å²) in [6.45, 7) is 0.434. The van der Waals surface area contributed by atoms with E-state index >= 15 is 0 Å². The Balaban J connectivity index is 1.85. The summed E-state index contributed by atoms with van der Waals surface area (Å²) in [4.78, 5) is 24.0. The summed E-state index contributed by atoms with van der Waals surface area (Å²) in [6, 6.07) is 3.56. The first-order valence-electron chi connectivity index (χ1n) is 6.41. The normalized spacial score (nSPS) is 10.5. The lowest BCUT2D eigenvalue weighted by Crippen LogP contribution is -2.29. The van der Waals surface area contributed by atoms with Crippen molar-refractivity contribution in [2.75, 3.05) is 7.05 Å². The van der Waals surface area contributed by atoms with Crippen molar-refractivity contribution in [3.05, 3.63) is 36.0 Å². The van der Waals surface area contributed by atoms with Crippen LogP contribution in [0.3, 0.4) is 0 Å². The van der Waals surface area contributed by atoms with Crippen molar-refractivity contribution in [1.82, 2.24) is 19.9 Å². The predicted octanol–water partition coefficient (Wildman–Crippen LogP) is 0.547. The Labute approximate surface area is 121 Å². The van der Waals surface area contributed by atoms with Crippen LogP contribution >= 0.6 is 0 Å². The van der Waals surface area contributed by atoms with E-state index in [1.54, 1.807) is 31.6 Å². The molecule has 0 spiro atoms. The highest BCUT2D eigenvalue weighted by atomic mass is 16.4. The van der Waals surface area contributed by atoms with Crippen molar-refractivity contribution < 1.29 is 19.1 Å². The van der Waals surface area contributed by atoms with Crippen LogP contribution in [0, 0.1) is 0 Å². The molecule has 1 N–H and O–H groups in total. The van der Waals surface area contributed by atoms with Crippen molar-refractivity contribution in [3.8, 4) is 0 Å². The molecule has 0 aliphatic rings. The molecular weight excluding hydrogens is 276 g/mol. The van der Waals surface area contributed by atoms with E-state index in [-0.39, 0.29) is 18.9 Å². The van der Waals surface area contributed by atoms with E-state index in [0.29, 0.717) is 24.4 Å². The van der Waals surface area contributed by atoms with Gasteiger partial charge in [-0.15, -0.1) is 5.10 Å². The number of nitrogens with zero attached hydrogens (tertiary/aromatic N) is 4. The van der Waals surface area contributed by atoms with E-state index in [0.717, 1.165) is 0 Å². The number of likely N-dealkylation sites (N-methyl/N-ethyl adjacent to an activating group) is 1. The van der Waals surface area contributed by atoms with Crippen molar-refractivity contribution in [1.29, 1.82) is 0 Å². The van der Waals surface area contributed by atoms with Gasteiger partial charge in [0.05, 0.1) is 24.9 Å². The summed E-state index contributed by atoms with van der Waals surface area (Å²) in [7, 11) is 1.67. The molecule has 8 heteroatoms. The maximum Gasteiger partial charge on any atom is 0.303 e. The molecule has 0 fully saturated rings. The van der Waals surface area contributed by atoms with Crippen LogP contribution in [0.1, 0.15) is 17.9 Å². The van der Waals surface area contributed by atoms with E-state index in [1.165, 1.54) is 9.58 Å². The molecule has 0 unspecified atom stereocenters. The van der Waals surface area contributed by atoms with Crippen LogP contribution in [-0.2, 0) is 29.1 Å². The lowest BCUT2D eigenvalue weighted by molar-refractivity contribution is -0.137. The molecule has 0 radical (unpaired) electrons. The maximum atomic E-state index is 12.0. The topological polar surface area (TPSA) is 101 Å². The van der Waals surface area contributed by atoms with Gasteiger partial charge in [-0.2, -0.15) is 0 Å². The number of aromatic nitrogens is 3. The zero-order valence-corrected chi connectivity index (χ0v) is 11.6. The van der Waals surface area contributed by atoms with Gasteiger partial charge in [-0.3, -0.25) is 9.59 Å². The van der Waals surface area contributed by atoms with Crippen LogP contribution in [0.15, 0.2) is 29.0 Å². The smallest absolute Gasteiger partial charge is 0.303 e. The fourth-order valence-electron chi connectivity index (χ4n) is 1.75. The first-order valence-corrected chi connectivity index (χ1v) is 6.41. The second kappa shape index (κ2) is 6.69. The van der Waals surface area contributed by atoms with Crippen LogP contribution < -0.4 is 0 Å². The summed E-state index contributed by atoms with van der Waals surface area (Å²) >= 11 is 0. The first kappa shape index (κ1) is 14.8. The number of carboxylic acid groups (broad SMARTS) is 1. The lowest BCUT2D eigenvalue weighted by Gasteiger charge is -2.15. The molecule has 0 saturated heterocycles. The van der Waals surface area contributed by atoms with Crippen LogP contribution in [0.2, 0.25) is 0 Å². The molecule has 2 aromatic heterocycles. The molecule has 0 atom stereocenters. The lowest BCUT2D eigenvalue weighted by atomic mass is 10.2. The third-order valence-corrected chi connectivity index (χ3v) is 2.88. The Hall–Kier alpha value is -2.64. The Kier molecular flexibility index (Phi) is 4.70. The zero-order chi connectivity index (χ0) is 15.2. The van der Waals surface area contributed by atoms with Gasteiger partial charge in [-0.25, -0.2) is 4.68 Å². The SMILES string of the molecule is CN(Cc1ccco1)C(=O)Cn1cc(CCC(=O)O)nn1. The molecule has 0 aliphatic carbocycles. The van der Waals surface area contributed by atoms with Crippen molar-refractivity contribution in [2.24, 2.45) is 0 Å². The molecule has 21 heavy (non-hydrogen) atoms. The van der Waals surface area contributed by atoms with Gasteiger partial charge in [0.1, 0.15) is 12.3 Å². The maximum absolute atomic E-state index is 12.0. The molecule has 112 valence electrons. The predicted molar refractivity (Wildman–Crippen MR) is 71.2 cm³/mol. The van der Waals surface area contributed by atoms with Gasteiger partial charge in [-0.1, -0.05) is 5.21 Å². The number of rotatable bonds is 7. The summed E-state index contributed by atoms with van der Waals surface area (Å²) in [5.74, 6) is -0.327. The van der Waals surface area contributed by atoms with E-state index < -0.39 is 5.97 Å². The van der Waals surface area contributed by atoms with Gasteiger partial charge < -0.3 is 14.4 Å². The zero-order valence-electron chi connectivity index (χ0n) is 11.6. The van der Waals surface area contributed by atoms with Gasteiger partial charge in [0.15, 0.2) is 0 Å². The minimum absolute atomic E-state index is 0.00889. The van der Waals surface area contributed by atoms with Crippen LogP contribution in [0.5, 0.6) is 0 Å². The largest absolute Gasteiger partial charge is 0.481 e. The number of aryl methyl sites for hydroxylation is 1. The number of hydrogen-bond acceptors (Lipinski definition) is 5. The van der Waals surface area contributed by atoms with E-state index in [9.17, 15) is 9.59 Å². The highest BCUT2D eigenvalue weighted by Crippen LogP contribution is 2.05. The molecule has 0 saturated carbocycles. The molecule has 0 aliphatic heterocycles. The van der Waals surface area contributed by atoms with Gasteiger partial charge in [0.25, 0.3) is 0 Å². The van der Waals surface area contributed by atoms with Crippen LogP contribution in [0.25, 0.3) is 0 Å². The summed E-state index contributed by atoms with van der Waals surface area (Å²) in [5, 5.41) is 16.3. The number of carbonyl (C=O) groups excluding carboxylic acids is 1. The molecular formula is C13H16N4O4. The van der Waals surface area contributed by atoms with Crippen LogP contribution in [-0.4, -0.2) is 43.9 Å². The van der Waals surface area contributed by atoms with E-state index in [4.69, 9.17) is 9.52 Å². The summed E-state index contributed by atoms with van der Waals surface area (Å²) < 4.78 is 6.58. The fourth-order valence-corrected chi connectivity index (χ4v) is 1.75. The fraction of sp³-hybridized carbons (Fsp3) is 0.385. The highest BCUT2D eigenvalue weighted by Gasteiger charge is 2.13. The van der Waals surface area contributed by atoms with Gasteiger partial charge in [-0.05, 0) is 12.1 Å². The average Bonchev–Trinajstić information content (AvgIpc) is 3.08. The number of hydrogen-bond donors (Lipinski definition) is 1. The quantitative estimate of drug-likeness (QED) is 0.799. The van der Waals surface area contributed by atoms with Gasteiger partial charge in [0.2, 0.25) is 5.91 Å². The van der Waals surface area contributed by atoms with E-state index in [1.807, 2.05) is 0 Å². The molecule has 0 aromatic carbocycles. The number of amides is 1. The number of furan rings is 1. The summed E-state index contributed by atoms with van der Waals surface area (Å²) in [6.07, 6.45) is 3.43. The third kappa shape index (κ3) is 4.44. The Morgan fingerprint density at radius 3 is 2.95 bits per heavy atom. The molecule has 2 rings (SSSR count). The molecule has 0 bridgehead atoms. The third-order valence-electron chi connectivity index (χ3n) is 2.88. The van der Waals surface area contributed by atoms with Crippen molar-refractivity contribution >= 4 is 11.9 Å². The molecule has 2 heterocycles.